The number of carbonyl (C=O) groups is 1. The molecule has 1 unspecified atom stereocenters. The normalized spacial score (nSPS) is 12.7. The van der Waals surface area contributed by atoms with Crippen molar-refractivity contribution < 1.29 is 27.1 Å². The fourth-order valence-electron chi connectivity index (χ4n) is 2.48. The number of benzene rings is 3. The molecule has 26 heavy (non-hydrogen) atoms. The van der Waals surface area contributed by atoms with Gasteiger partial charge in [-0.1, -0.05) is 30.3 Å². The Balaban J connectivity index is 1.99. The van der Waals surface area contributed by atoms with Crippen LogP contribution in [0.2, 0.25) is 0 Å². The lowest BCUT2D eigenvalue weighted by Crippen LogP contribution is -2.30. The maximum absolute atomic E-state index is 12.5. The van der Waals surface area contributed by atoms with Crippen LogP contribution in [0.5, 0.6) is 5.75 Å². The minimum absolute atomic E-state index is 0.0295. The molecule has 3 aromatic carbocycles. The molecule has 7 nitrogen and oxygen atoms in total. The Morgan fingerprint density at radius 3 is 2.35 bits per heavy atom. The van der Waals surface area contributed by atoms with Crippen molar-refractivity contribution >= 4 is 37.8 Å². The Bertz CT molecular complexity index is 1140. The molecule has 0 aliphatic heterocycles. The molecule has 9 heteroatoms. The summed E-state index contributed by atoms with van der Waals surface area (Å²) in [5, 5.41) is 10.7. The van der Waals surface area contributed by atoms with Crippen LogP contribution in [0.25, 0.3) is 10.8 Å². The number of rotatable bonds is 4. The van der Waals surface area contributed by atoms with Gasteiger partial charge in [0, 0.05) is 10.9 Å². The third kappa shape index (κ3) is 3.45. The molecule has 0 aliphatic carbocycles. The van der Waals surface area contributed by atoms with Gasteiger partial charge < -0.3 is 9.66 Å². The van der Waals surface area contributed by atoms with Crippen molar-refractivity contribution in [1.82, 2.24) is 4.72 Å². The summed E-state index contributed by atoms with van der Waals surface area (Å²) in [5.74, 6) is -0.908. The van der Waals surface area contributed by atoms with Crippen LogP contribution in [0.3, 0.4) is 0 Å². The molecule has 1 atom stereocenters. The Kier molecular flexibility index (Phi) is 4.77. The lowest BCUT2D eigenvalue weighted by molar-refractivity contribution is 0.0983. The second-order valence-electron chi connectivity index (χ2n) is 5.34. The zero-order chi connectivity index (χ0) is 18.9. The highest BCUT2D eigenvalue weighted by Crippen LogP contribution is 2.27. The number of aromatic hydroxyl groups is 1. The first-order chi connectivity index (χ1) is 12.3. The topological polar surface area (TPSA) is 121 Å². The van der Waals surface area contributed by atoms with Crippen LogP contribution in [0, 0.1) is 0 Å². The summed E-state index contributed by atoms with van der Waals surface area (Å²) < 4.78 is 47.0. The van der Waals surface area contributed by atoms with E-state index in [1.165, 1.54) is 36.4 Å². The van der Waals surface area contributed by atoms with Crippen LogP contribution < -0.4 is 4.72 Å². The summed E-state index contributed by atoms with van der Waals surface area (Å²) in [5.41, 5.74) is 0.0730. The molecule has 0 radical (unpaired) electrons. The number of hydrogen-bond acceptors (Lipinski definition) is 5. The van der Waals surface area contributed by atoms with E-state index in [4.69, 9.17) is 4.55 Å². The maximum Gasteiger partial charge on any atom is 0.265 e. The van der Waals surface area contributed by atoms with Crippen LogP contribution in [0.15, 0.2) is 70.5 Å². The van der Waals surface area contributed by atoms with Gasteiger partial charge in [0.15, 0.2) is 11.1 Å². The molecule has 134 valence electrons. The van der Waals surface area contributed by atoms with Gasteiger partial charge in [-0.25, -0.2) is 17.3 Å². The summed E-state index contributed by atoms with van der Waals surface area (Å²) in [6, 6.07) is 14.0. The molecule has 0 aromatic heterocycles. The molecule has 3 rings (SSSR count). The molecule has 3 aromatic rings. The molecule has 0 heterocycles. The molecule has 0 spiro atoms. The Labute approximate surface area is 151 Å². The maximum atomic E-state index is 12.5. The fraction of sp³-hybridized carbons (Fsp3) is 0. The zero-order valence-electron chi connectivity index (χ0n) is 13.1. The average Bonchev–Trinajstić information content (AvgIpc) is 2.61. The summed E-state index contributed by atoms with van der Waals surface area (Å²) in [6.45, 7) is 0. The molecule has 0 saturated heterocycles. The number of sulfonamides is 1. The number of amides is 1. The van der Waals surface area contributed by atoms with E-state index in [-0.39, 0.29) is 21.1 Å². The Morgan fingerprint density at radius 2 is 1.62 bits per heavy atom. The highest BCUT2D eigenvalue weighted by atomic mass is 32.2. The first kappa shape index (κ1) is 18.1. The van der Waals surface area contributed by atoms with Gasteiger partial charge in [-0.15, -0.1) is 0 Å². The first-order valence-electron chi connectivity index (χ1n) is 7.28. The van der Waals surface area contributed by atoms with Crippen molar-refractivity contribution in [3.05, 3.63) is 66.2 Å². The van der Waals surface area contributed by atoms with Gasteiger partial charge in [-0.05, 0) is 35.7 Å². The van der Waals surface area contributed by atoms with E-state index in [1.807, 2.05) is 4.72 Å². The third-order valence-corrected chi connectivity index (χ3v) is 5.67. The van der Waals surface area contributed by atoms with Crippen LogP contribution in [-0.2, 0) is 21.1 Å². The summed E-state index contributed by atoms with van der Waals surface area (Å²) in [6.07, 6.45) is 0. The van der Waals surface area contributed by atoms with Gasteiger partial charge in [-0.3, -0.25) is 4.79 Å². The largest absolute Gasteiger partial charge is 0.507 e. The number of fused-ring (bicyclic) bond motifs is 1. The van der Waals surface area contributed by atoms with Crippen LogP contribution in [0.4, 0.5) is 0 Å². The highest BCUT2D eigenvalue weighted by Gasteiger charge is 2.21. The predicted octanol–water partition coefficient (Wildman–Crippen LogP) is 2.24. The molecule has 0 fully saturated rings. The van der Waals surface area contributed by atoms with E-state index in [1.54, 1.807) is 18.2 Å². The van der Waals surface area contributed by atoms with E-state index >= 15 is 0 Å². The first-order valence-corrected chi connectivity index (χ1v) is 9.87. The van der Waals surface area contributed by atoms with Crippen LogP contribution >= 0.6 is 0 Å². The van der Waals surface area contributed by atoms with Gasteiger partial charge in [0.05, 0.1) is 9.79 Å². The summed E-state index contributed by atoms with van der Waals surface area (Å²) in [7, 11) is -4.25. The number of hydrogen-bond donors (Lipinski definition) is 3. The predicted molar refractivity (Wildman–Crippen MR) is 95.7 cm³/mol. The van der Waals surface area contributed by atoms with Gasteiger partial charge >= 0.3 is 0 Å². The SMILES string of the molecule is O=C(NS(=O)(=O)c1cccc(S(=O)O)c1)c1cccc2c(O)cccc12. The van der Waals surface area contributed by atoms with Gasteiger partial charge in [0.1, 0.15) is 5.75 Å². The fourth-order valence-corrected chi connectivity index (χ4v) is 3.99. The Morgan fingerprint density at radius 1 is 0.962 bits per heavy atom. The van der Waals surface area contributed by atoms with Crippen molar-refractivity contribution in [2.75, 3.05) is 0 Å². The second-order valence-corrected chi connectivity index (χ2v) is 7.99. The number of phenols is 1. The third-order valence-electron chi connectivity index (χ3n) is 3.69. The lowest BCUT2D eigenvalue weighted by Gasteiger charge is -2.10. The van der Waals surface area contributed by atoms with Crippen molar-refractivity contribution in [1.29, 1.82) is 0 Å². The number of phenolic OH excluding ortho intramolecular Hbond substituents is 1. The minimum atomic E-state index is -4.25. The van der Waals surface area contributed by atoms with E-state index < -0.39 is 27.0 Å². The van der Waals surface area contributed by atoms with E-state index in [9.17, 15) is 22.5 Å². The lowest BCUT2D eigenvalue weighted by atomic mass is 10.0. The van der Waals surface area contributed by atoms with Gasteiger partial charge in [0.2, 0.25) is 0 Å². The van der Waals surface area contributed by atoms with Crippen molar-refractivity contribution in [2.45, 2.75) is 9.79 Å². The van der Waals surface area contributed by atoms with Crippen LogP contribution in [0.1, 0.15) is 10.4 Å². The molecule has 0 saturated carbocycles. The Hall–Kier alpha value is -2.75. The molecular weight excluding hydrogens is 378 g/mol. The van der Waals surface area contributed by atoms with Crippen molar-refractivity contribution in [2.24, 2.45) is 0 Å². The second kappa shape index (κ2) is 6.87. The molecule has 3 N–H and O–H groups in total. The van der Waals surface area contributed by atoms with Gasteiger partial charge in [-0.2, -0.15) is 0 Å². The molecule has 0 bridgehead atoms. The van der Waals surface area contributed by atoms with Crippen molar-refractivity contribution in [3.8, 4) is 5.75 Å². The zero-order valence-corrected chi connectivity index (χ0v) is 14.8. The summed E-state index contributed by atoms with van der Waals surface area (Å²) in [4.78, 5) is 12.1. The van der Waals surface area contributed by atoms with E-state index in [2.05, 4.69) is 0 Å². The van der Waals surface area contributed by atoms with Crippen LogP contribution in [-0.4, -0.2) is 28.2 Å². The van der Waals surface area contributed by atoms with Gasteiger partial charge in [0.25, 0.3) is 15.9 Å². The smallest absolute Gasteiger partial charge is 0.265 e. The molecular formula is C17H13NO6S2. The molecule has 1 amide bonds. The van der Waals surface area contributed by atoms with E-state index in [0.29, 0.717) is 10.8 Å². The highest BCUT2D eigenvalue weighted by molar-refractivity contribution is 7.90. The van der Waals surface area contributed by atoms with Crippen molar-refractivity contribution in [3.63, 3.8) is 0 Å². The van der Waals surface area contributed by atoms with E-state index in [0.717, 1.165) is 6.07 Å². The molecule has 0 aliphatic rings. The summed E-state index contributed by atoms with van der Waals surface area (Å²) >= 11 is -2.35. The number of carbonyl (C=O) groups excluding carboxylic acids is 1. The standard InChI is InChI=1S/C17H13NO6S2/c19-16-9-3-6-13-14(16)7-2-8-15(13)17(20)18-26(23,24)12-5-1-4-11(10-12)25(21)22/h1-10,19H,(H,18,20)(H,21,22). The average molecular weight is 391 g/mol. The number of nitrogens with one attached hydrogen (secondary N) is 1. The quantitative estimate of drug-likeness (QED) is 0.587. The minimum Gasteiger partial charge on any atom is -0.507 e. The monoisotopic (exact) mass is 391 g/mol.